The summed E-state index contributed by atoms with van der Waals surface area (Å²) in [5.74, 6) is 0. The number of hydrogen-bond acceptors (Lipinski definition) is 1. The highest BCUT2D eigenvalue weighted by atomic mass is 19.4. The van der Waals surface area contributed by atoms with Crippen LogP contribution in [-0.4, -0.2) is 37.2 Å². The molecular formula is C8H15F3N2O. The maximum atomic E-state index is 11.7. The van der Waals surface area contributed by atoms with Gasteiger partial charge in [0, 0.05) is 26.6 Å². The number of amides is 2. The van der Waals surface area contributed by atoms with E-state index in [1.165, 1.54) is 4.90 Å². The summed E-state index contributed by atoms with van der Waals surface area (Å²) in [7, 11) is 1.58. The van der Waals surface area contributed by atoms with Crippen LogP contribution in [0.1, 0.15) is 19.8 Å². The third kappa shape index (κ3) is 6.56. The second-order valence-electron chi connectivity index (χ2n) is 2.96. The van der Waals surface area contributed by atoms with Crippen molar-refractivity contribution in [2.45, 2.75) is 25.9 Å². The van der Waals surface area contributed by atoms with Crippen molar-refractivity contribution >= 4 is 6.03 Å². The van der Waals surface area contributed by atoms with Gasteiger partial charge < -0.3 is 10.2 Å². The molecule has 0 aromatic heterocycles. The van der Waals surface area contributed by atoms with E-state index in [-0.39, 0.29) is 19.0 Å². The topological polar surface area (TPSA) is 32.3 Å². The van der Waals surface area contributed by atoms with Crippen molar-refractivity contribution in [3.8, 4) is 0 Å². The molecule has 6 heteroatoms. The van der Waals surface area contributed by atoms with Gasteiger partial charge >= 0.3 is 12.2 Å². The summed E-state index contributed by atoms with van der Waals surface area (Å²) < 4.78 is 35.0. The summed E-state index contributed by atoms with van der Waals surface area (Å²) in [5.41, 5.74) is 0. The second-order valence-corrected chi connectivity index (χ2v) is 2.96. The van der Waals surface area contributed by atoms with E-state index in [2.05, 4.69) is 5.32 Å². The molecule has 0 saturated heterocycles. The molecular weight excluding hydrogens is 197 g/mol. The highest BCUT2D eigenvalue weighted by Crippen LogP contribution is 2.20. The molecule has 0 aliphatic rings. The quantitative estimate of drug-likeness (QED) is 0.710. The third-order valence-electron chi connectivity index (χ3n) is 1.73. The second kappa shape index (κ2) is 5.72. The maximum absolute atomic E-state index is 11.7. The molecule has 0 fully saturated rings. The molecule has 0 bridgehead atoms. The van der Waals surface area contributed by atoms with E-state index >= 15 is 0 Å². The molecule has 3 nitrogen and oxygen atoms in total. The highest BCUT2D eigenvalue weighted by molar-refractivity contribution is 5.73. The summed E-state index contributed by atoms with van der Waals surface area (Å²) in [4.78, 5) is 12.4. The smallest absolute Gasteiger partial charge is 0.338 e. The molecule has 0 radical (unpaired) electrons. The van der Waals surface area contributed by atoms with E-state index in [9.17, 15) is 18.0 Å². The van der Waals surface area contributed by atoms with Gasteiger partial charge in [0.15, 0.2) is 0 Å². The van der Waals surface area contributed by atoms with Gasteiger partial charge in [-0.25, -0.2) is 4.79 Å². The summed E-state index contributed by atoms with van der Waals surface area (Å²) in [6.07, 6.45) is -5.07. The molecule has 0 rings (SSSR count). The molecule has 0 atom stereocenters. The van der Waals surface area contributed by atoms with Crippen LogP contribution in [0, 0.1) is 0 Å². The van der Waals surface area contributed by atoms with Gasteiger partial charge in [0.2, 0.25) is 0 Å². The molecule has 0 unspecified atom stereocenters. The Hall–Kier alpha value is -0.940. The van der Waals surface area contributed by atoms with Crippen LogP contribution < -0.4 is 5.32 Å². The zero-order chi connectivity index (χ0) is 11.2. The molecule has 1 N–H and O–H groups in total. The number of halogens is 3. The lowest BCUT2D eigenvalue weighted by Gasteiger charge is -2.15. The number of nitrogens with zero attached hydrogens (tertiary/aromatic N) is 1. The maximum Gasteiger partial charge on any atom is 0.389 e. The first-order chi connectivity index (χ1) is 6.37. The van der Waals surface area contributed by atoms with Crippen LogP contribution in [0.2, 0.25) is 0 Å². The molecule has 0 saturated carbocycles. The lowest BCUT2D eigenvalue weighted by atomic mass is 10.3. The van der Waals surface area contributed by atoms with Crippen LogP contribution in [0.15, 0.2) is 0 Å². The van der Waals surface area contributed by atoms with Gasteiger partial charge in [0.1, 0.15) is 0 Å². The molecule has 0 heterocycles. The number of carbonyl (C=O) groups excluding carboxylic acids is 1. The largest absolute Gasteiger partial charge is 0.389 e. The van der Waals surface area contributed by atoms with Gasteiger partial charge in [-0.1, -0.05) is 0 Å². The fraction of sp³-hybridized carbons (Fsp3) is 0.875. The van der Waals surface area contributed by atoms with Crippen molar-refractivity contribution in [2.24, 2.45) is 0 Å². The average Bonchev–Trinajstić information content (AvgIpc) is 2.09. The lowest BCUT2D eigenvalue weighted by Crippen LogP contribution is -2.37. The van der Waals surface area contributed by atoms with E-state index in [0.717, 1.165) is 0 Å². The normalized spacial score (nSPS) is 11.2. The predicted molar refractivity (Wildman–Crippen MR) is 47.0 cm³/mol. The Morgan fingerprint density at radius 2 is 2.00 bits per heavy atom. The van der Waals surface area contributed by atoms with Gasteiger partial charge in [-0.15, -0.1) is 0 Å². The Morgan fingerprint density at radius 3 is 2.43 bits per heavy atom. The van der Waals surface area contributed by atoms with Gasteiger partial charge in [0.25, 0.3) is 0 Å². The number of urea groups is 1. The van der Waals surface area contributed by atoms with E-state index in [4.69, 9.17) is 0 Å². The number of carbonyl (C=O) groups is 1. The van der Waals surface area contributed by atoms with Crippen LogP contribution in [0.5, 0.6) is 0 Å². The Morgan fingerprint density at radius 1 is 1.43 bits per heavy atom. The first-order valence-electron chi connectivity index (χ1n) is 4.42. The molecule has 14 heavy (non-hydrogen) atoms. The van der Waals surface area contributed by atoms with Gasteiger partial charge in [-0.05, 0) is 13.3 Å². The predicted octanol–water partition coefficient (Wildman–Crippen LogP) is 1.99. The Bertz CT molecular complexity index is 182. The molecule has 84 valence electrons. The average molecular weight is 212 g/mol. The Labute approximate surface area is 81.3 Å². The van der Waals surface area contributed by atoms with Crippen molar-refractivity contribution in [2.75, 3.05) is 20.1 Å². The molecule has 0 aliphatic carbocycles. The van der Waals surface area contributed by atoms with E-state index < -0.39 is 12.6 Å². The summed E-state index contributed by atoms with van der Waals surface area (Å²) >= 11 is 0. The summed E-state index contributed by atoms with van der Waals surface area (Å²) in [5, 5.41) is 2.39. The summed E-state index contributed by atoms with van der Waals surface area (Å²) in [6, 6.07) is -0.338. The lowest BCUT2D eigenvalue weighted by molar-refractivity contribution is -0.135. The number of rotatable bonds is 4. The van der Waals surface area contributed by atoms with Gasteiger partial charge in [-0.2, -0.15) is 13.2 Å². The first-order valence-corrected chi connectivity index (χ1v) is 4.42. The molecule has 0 aliphatic heterocycles. The third-order valence-corrected chi connectivity index (χ3v) is 1.73. The fourth-order valence-electron chi connectivity index (χ4n) is 0.763. The zero-order valence-electron chi connectivity index (χ0n) is 8.32. The van der Waals surface area contributed by atoms with Crippen LogP contribution >= 0.6 is 0 Å². The standard InChI is InChI=1S/C8H15F3N2O/c1-3-13(2)7(14)12-6-4-5-8(9,10)11/h3-6H2,1-2H3,(H,12,14). The molecule has 0 aromatic rings. The van der Waals surface area contributed by atoms with E-state index in [0.29, 0.717) is 6.54 Å². The monoisotopic (exact) mass is 212 g/mol. The Kier molecular flexibility index (Phi) is 5.34. The molecule has 2 amide bonds. The highest BCUT2D eigenvalue weighted by Gasteiger charge is 2.25. The zero-order valence-corrected chi connectivity index (χ0v) is 8.32. The van der Waals surface area contributed by atoms with Gasteiger partial charge in [-0.3, -0.25) is 0 Å². The molecule has 0 aromatic carbocycles. The molecule has 0 spiro atoms. The van der Waals surface area contributed by atoms with Crippen LogP contribution in [0.3, 0.4) is 0 Å². The van der Waals surface area contributed by atoms with E-state index in [1.54, 1.807) is 14.0 Å². The van der Waals surface area contributed by atoms with Crippen molar-refractivity contribution in [3.05, 3.63) is 0 Å². The van der Waals surface area contributed by atoms with Crippen molar-refractivity contribution in [1.29, 1.82) is 0 Å². The SMILES string of the molecule is CCN(C)C(=O)NCCCC(F)(F)F. The Balaban J connectivity index is 3.51. The van der Waals surface area contributed by atoms with E-state index in [1.807, 2.05) is 0 Å². The van der Waals surface area contributed by atoms with Crippen LogP contribution in [0.4, 0.5) is 18.0 Å². The minimum atomic E-state index is -4.14. The van der Waals surface area contributed by atoms with Crippen LogP contribution in [0.25, 0.3) is 0 Å². The number of alkyl halides is 3. The fourth-order valence-corrected chi connectivity index (χ4v) is 0.763. The first kappa shape index (κ1) is 13.1. The number of nitrogens with one attached hydrogen (secondary N) is 1. The van der Waals surface area contributed by atoms with Crippen molar-refractivity contribution < 1.29 is 18.0 Å². The minimum Gasteiger partial charge on any atom is -0.338 e. The van der Waals surface area contributed by atoms with Crippen molar-refractivity contribution in [1.82, 2.24) is 10.2 Å². The van der Waals surface area contributed by atoms with Crippen LogP contribution in [-0.2, 0) is 0 Å². The number of hydrogen-bond donors (Lipinski definition) is 1. The van der Waals surface area contributed by atoms with Crippen molar-refractivity contribution in [3.63, 3.8) is 0 Å². The summed E-state index contributed by atoms with van der Waals surface area (Å²) in [6.45, 7) is 2.38. The minimum absolute atomic E-state index is 0.0582. The van der Waals surface area contributed by atoms with Gasteiger partial charge in [0.05, 0.1) is 0 Å².